The number of aromatic nitrogens is 1. The van der Waals surface area contributed by atoms with Gasteiger partial charge >= 0.3 is 0 Å². The van der Waals surface area contributed by atoms with E-state index in [0.29, 0.717) is 17.1 Å². The number of hydrogen-bond donors (Lipinski definition) is 1. The molecule has 2 atom stereocenters. The second-order valence-corrected chi connectivity index (χ2v) is 4.71. The van der Waals surface area contributed by atoms with Gasteiger partial charge in [0.05, 0.1) is 0 Å². The molecule has 15 heavy (non-hydrogen) atoms. The summed E-state index contributed by atoms with van der Waals surface area (Å²) in [6.07, 6.45) is 1.83. The van der Waals surface area contributed by atoms with Gasteiger partial charge in [-0.15, -0.1) is 0 Å². The lowest BCUT2D eigenvalue weighted by Crippen LogP contribution is -2.28. The predicted octanol–water partition coefficient (Wildman–Crippen LogP) is 1.51. The summed E-state index contributed by atoms with van der Waals surface area (Å²) in [6, 6.07) is 4.16. The number of nitrogens with two attached hydrogens (primary N) is 1. The molecule has 1 aliphatic rings. The van der Waals surface area contributed by atoms with Gasteiger partial charge in [0.25, 0.3) is 0 Å². The van der Waals surface area contributed by atoms with Crippen molar-refractivity contribution >= 4 is 11.6 Å². The fourth-order valence-corrected chi connectivity index (χ4v) is 2.09. The van der Waals surface area contributed by atoms with Crippen molar-refractivity contribution in [1.82, 2.24) is 9.88 Å². The van der Waals surface area contributed by atoms with E-state index in [0.717, 1.165) is 19.6 Å². The maximum Gasteiger partial charge on any atom is 0.129 e. The summed E-state index contributed by atoms with van der Waals surface area (Å²) in [6.45, 7) is 5.17. The molecule has 1 aromatic heterocycles. The van der Waals surface area contributed by atoms with E-state index in [1.54, 1.807) is 0 Å². The van der Waals surface area contributed by atoms with Crippen molar-refractivity contribution in [2.24, 2.45) is 11.7 Å². The number of hydrogen-bond acceptors (Lipinski definition) is 3. The Bertz CT molecular complexity index is 315. The summed E-state index contributed by atoms with van der Waals surface area (Å²) in [7, 11) is 0. The number of halogens is 1. The van der Waals surface area contributed by atoms with Crippen LogP contribution in [0.25, 0.3) is 0 Å². The molecule has 0 amide bonds. The molecule has 1 aromatic rings. The van der Waals surface area contributed by atoms with E-state index in [2.05, 4.69) is 16.8 Å². The monoisotopic (exact) mass is 225 g/mol. The Hall–Kier alpha value is -0.640. The molecule has 0 saturated carbocycles. The molecule has 0 bridgehead atoms. The molecule has 0 aliphatic carbocycles. The number of rotatable bonds is 2. The zero-order chi connectivity index (χ0) is 10.8. The Morgan fingerprint density at radius 3 is 2.87 bits per heavy atom. The molecular formula is C11H16ClN3. The van der Waals surface area contributed by atoms with Gasteiger partial charge in [0.2, 0.25) is 0 Å². The summed E-state index contributed by atoms with van der Waals surface area (Å²) < 4.78 is 0. The summed E-state index contributed by atoms with van der Waals surface area (Å²) in [5.74, 6) is 0.588. The van der Waals surface area contributed by atoms with Crippen molar-refractivity contribution in [3.8, 4) is 0 Å². The van der Waals surface area contributed by atoms with Crippen molar-refractivity contribution in [2.45, 2.75) is 19.5 Å². The largest absolute Gasteiger partial charge is 0.326 e. The van der Waals surface area contributed by atoms with Gasteiger partial charge in [0, 0.05) is 31.9 Å². The molecule has 2 N–H and O–H groups in total. The molecule has 1 saturated heterocycles. The normalized spacial score (nSPS) is 27.1. The van der Waals surface area contributed by atoms with Crippen molar-refractivity contribution < 1.29 is 0 Å². The van der Waals surface area contributed by atoms with Crippen LogP contribution in [-0.2, 0) is 6.54 Å². The number of nitrogens with zero attached hydrogens (tertiary/aromatic N) is 2. The summed E-state index contributed by atoms with van der Waals surface area (Å²) in [5, 5.41) is 0.547. The zero-order valence-corrected chi connectivity index (χ0v) is 9.61. The molecule has 1 fully saturated rings. The first-order valence-corrected chi connectivity index (χ1v) is 5.61. The molecule has 1 aliphatic heterocycles. The highest BCUT2D eigenvalue weighted by atomic mass is 35.5. The first-order chi connectivity index (χ1) is 7.15. The van der Waals surface area contributed by atoms with Crippen molar-refractivity contribution in [2.75, 3.05) is 13.1 Å². The third-order valence-electron chi connectivity index (χ3n) is 2.94. The van der Waals surface area contributed by atoms with Crippen molar-refractivity contribution in [3.05, 3.63) is 29.0 Å². The highest BCUT2D eigenvalue weighted by Crippen LogP contribution is 2.17. The van der Waals surface area contributed by atoms with Gasteiger partial charge in [-0.3, -0.25) is 4.90 Å². The van der Waals surface area contributed by atoms with Crippen molar-refractivity contribution in [3.63, 3.8) is 0 Å². The second kappa shape index (κ2) is 4.47. The minimum Gasteiger partial charge on any atom is -0.326 e. The maximum atomic E-state index is 5.97. The van der Waals surface area contributed by atoms with Gasteiger partial charge in [-0.05, 0) is 17.5 Å². The zero-order valence-electron chi connectivity index (χ0n) is 8.86. The first kappa shape index (κ1) is 10.9. The van der Waals surface area contributed by atoms with Crippen LogP contribution in [0.2, 0.25) is 5.15 Å². The number of pyridine rings is 1. The van der Waals surface area contributed by atoms with Crippen LogP contribution in [0.1, 0.15) is 12.5 Å². The van der Waals surface area contributed by atoms with E-state index >= 15 is 0 Å². The lowest BCUT2D eigenvalue weighted by Gasteiger charge is -2.14. The minimum atomic E-state index is 0.310. The fraction of sp³-hybridized carbons (Fsp3) is 0.545. The van der Waals surface area contributed by atoms with Crippen LogP contribution in [0.4, 0.5) is 0 Å². The lowest BCUT2D eigenvalue weighted by atomic mass is 10.1. The van der Waals surface area contributed by atoms with Crippen LogP contribution in [0.15, 0.2) is 18.3 Å². The molecular weight excluding hydrogens is 210 g/mol. The predicted molar refractivity (Wildman–Crippen MR) is 61.7 cm³/mol. The Labute approximate surface area is 95.2 Å². The molecule has 82 valence electrons. The van der Waals surface area contributed by atoms with E-state index in [-0.39, 0.29) is 0 Å². The van der Waals surface area contributed by atoms with Crippen LogP contribution >= 0.6 is 11.6 Å². The molecule has 0 aromatic carbocycles. The topological polar surface area (TPSA) is 42.2 Å². The van der Waals surface area contributed by atoms with Gasteiger partial charge in [0.15, 0.2) is 0 Å². The van der Waals surface area contributed by atoms with Gasteiger partial charge < -0.3 is 5.73 Å². The maximum absolute atomic E-state index is 5.97. The van der Waals surface area contributed by atoms with Gasteiger partial charge in [0.1, 0.15) is 5.15 Å². The molecule has 0 spiro atoms. The van der Waals surface area contributed by atoms with E-state index in [4.69, 9.17) is 17.3 Å². The Balaban J connectivity index is 1.95. The fourth-order valence-electron chi connectivity index (χ4n) is 1.98. The quantitative estimate of drug-likeness (QED) is 0.776. The Morgan fingerprint density at radius 1 is 1.53 bits per heavy atom. The molecule has 4 heteroatoms. The van der Waals surface area contributed by atoms with Gasteiger partial charge in [-0.2, -0.15) is 0 Å². The molecule has 0 radical (unpaired) electrons. The van der Waals surface area contributed by atoms with E-state index in [1.165, 1.54) is 5.56 Å². The highest BCUT2D eigenvalue weighted by Gasteiger charge is 2.26. The van der Waals surface area contributed by atoms with Crippen LogP contribution in [0, 0.1) is 5.92 Å². The highest BCUT2D eigenvalue weighted by molar-refractivity contribution is 6.29. The van der Waals surface area contributed by atoms with Gasteiger partial charge in [-0.1, -0.05) is 24.6 Å². The summed E-state index contributed by atoms with van der Waals surface area (Å²) in [5.41, 5.74) is 7.16. The molecule has 3 nitrogen and oxygen atoms in total. The Kier molecular flexibility index (Phi) is 3.24. The average Bonchev–Trinajstić information content (AvgIpc) is 2.50. The van der Waals surface area contributed by atoms with Crippen LogP contribution in [-0.4, -0.2) is 29.0 Å². The minimum absolute atomic E-state index is 0.310. The van der Waals surface area contributed by atoms with E-state index < -0.39 is 0 Å². The first-order valence-electron chi connectivity index (χ1n) is 5.23. The van der Waals surface area contributed by atoms with E-state index in [1.807, 2.05) is 18.3 Å². The lowest BCUT2D eigenvalue weighted by molar-refractivity contribution is 0.318. The third kappa shape index (κ3) is 2.68. The second-order valence-electron chi connectivity index (χ2n) is 4.32. The molecule has 2 heterocycles. The standard InChI is InChI=1S/C11H16ClN3/c1-8-5-15(7-10(8)13)6-9-2-3-11(12)14-4-9/h2-4,8,10H,5-7,13H2,1H3. The van der Waals surface area contributed by atoms with Gasteiger partial charge in [-0.25, -0.2) is 4.98 Å². The van der Waals surface area contributed by atoms with Crippen LogP contribution in [0.5, 0.6) is 0 Å². The smallest absolute Gasteiger partial charge is 0.129 e. The van der Waals surface area contributed by atoms with E-state index in [9.17, 15) is 0 Å². The van der Waals surface area contributed by atoms with Crippen LogP contribution < -0.4 is 5.73 Å². The Morgan fingerprint density at radius 2 is 2.33 bits per heavy atom. The average molecular weight is 226 g/mol. The summed E-state index contributed by atoms with van der Waals surface area (Å²) in [4.78, 5) is 6.43. The SMILES string of the molecule is CC1CN(Cc2ccc(Cl)nc2)CC1N. The third-order valence-corrected chi connectivity index (χ3v) is 3.16. The van der Waals surface area contributed by atoms with Crippen LogP contribution in [0.3, 0.4) is 0 Å². The summed E-state index contributed by atoms with van der Waals surface area (Å²) >= 11 is 5.73. The molecule has 2 unspecified atom stereocenters. The molecule has 2 rings (SSSR count). The van der Waals surface area contributed by atoms with Crippen molar-refractivity contribution in [1.29, 1.82) is 0 Å². The number of likely N-dealkylation sites (tertiary alicyclic amines) is 1.